The summed E-state index contributed by atoms with van der Waals surface area (Å²) in [6, 6.07) is 1.85. The second-order valence-corrected chi connectivity index (χ2v) is 6.87. The molecule has 1 atom stereocenters. The second kappa shape index (κ2) is 5.74. The van der Waals surface area contributed by atoms with Crippen molar-refractivity contribution in [3.8, 4) is 5.75 Å². The van der Waals surface area contributed by atoms with Crippen LogP contribution in [0, 0.1) is 5.41 Å². The molecule has 2 fully saturated rings. The fraction of sp³-hybridized carbons (Fsp3) is 0.667. The lowest BCUT2D eigenvalue weighted by atomic mass is 9.74. The average Bonchev–Trinajstić information content (AvgIpc) is 2.96. The number of nitrogens with one attached hydrogen (secondary N) is 1. The number of nitrogens with zero attached hydrogens (tertiary/aromatic N) is 1. The predicted molar refractivity (Wildman–Crippen MR) is 80.5 cm³/mol. The molecule has 2 saturated heterocycles. The van der Waals surface area contributed by atoms with Crippen LogP contribution in [-0.2, 0) is 0 Å². The Labute approximate surface area is 124 Å². The summed E-state index contributed by atoms with van der Waals surface area (Å²) in [5.74, 6) is 0.951. The fourth-order valence-electron chi connectivity index (χ4n) is 3.45. The summed E-state index contributed by atoms with van der Waals surface area (Å²) in [5.41, 5.74) is 0.313. The van der Waals surface area contributed by atoms with Crippen molar-refractivity contribution in [3.63, 3.8) is 0 Å². The molecule has 0 aromatic carbocycles. The van der Waals surface area contributed by atoms with Crippen LogP contribution in [0.1, 0.15) is 35.4 Å². The summed E-state index contributed by atoms with van der Waals surface area (Å²) < 4.78 is 5.17. The molecule has 1 aromatic rings. The highest BCUT2D eigenvalue weighted by atomic mass is 32.1. The van der Waals surface area contributed by atoms with Gasteiger partial charge in [-0.1, -0.05) is 0 Å². The summed E-state index contributed by atoms with van der Waals surface area (Å²) in [4.78, 5) is 15.5. The van der Waals surface area contributed by atoms with Gasteiger partial charge < -0.3 is 15.0 Å². The molecule has 4 nitrogen and oxygen atoms in total. The summed E-state index contributed by atoms with van der Waals surface area (Å²) in [5, 5.41) is 5.40. The Balaban J connectivity index is 1.71. The Morgan fingerprint density at radius 3 is 3.00 bits per heavy atom. The van der Waals surface area contributed by atoms with Crippen LogP contribution in [0.2, 0.25) is 0 Å². The summed E-state index contributed by atoms with van der Waals surface area (Å²) in [6.45, 7) is 3.97. The van der Waals surface area contributed by atoms with Crippen molar-refractivity contribution >= 4 is 17.2 Å². The van der Waals surface area contributed by atoms with Crippen molar-refractivity contribution in [2.24, 2.45) is 5.41 Å². The molecule has 1 amide bonds. The van der Waals surface area contributed by atoms with Crippen LogP contribution < -0.4 is 10.1 Å². The van der Waals surface area contributed by atoms with E-state index in [1.807, 2.05) is 16.3 Å². The van der Waals surface area contributed by atoms with E-state index in [1.54, 1.807) is 7.11 Å². The molecule has 3 rings (SSSR count). The van der Waals surface area contributed by atoms with Gasteiger partial charge in [0.1, 0.15) is 5.75 Å². The highest BCUT2D eigenvalue weighted by Crippen LogP contribution is 2.36. The van der Waals surface area contributed by atoms with E-state index >= 15 is 0 Å². The molecule has 0 saturated carbocycles. The minimum absolute atomic E-state index is 0.169. The molecule has 1 N–H and O–H groups in total. The maximum absolute atomic E-state index is 12.6. The quantitative estimate of drug-likeness (QED) is 0.910. The second-order valence-electron chi connectivity index (χ2n) is 5.96. The molecule has 0 aliphatic carbocycles. The van der Waals surface area contributed by atoms with Gasteiger partial charge in [-0.2, -0.15) is 0 Å². The van der Waals surface area contributed by atoms with E-state index in [9.17, 15) is 4.79 Å². The lowest BCUT2D eigenvalue weighted by Gasteiger charge is -2.45. The number of methoxy groups -OCH3 is 1. The van der Waals surface area contributed by atoms with Crippen molar-refractivity contribution in [2.75, 3.05) is 33.3 Å². The van der Waals surface area contributed by atoms with E-state index in [0.717, 1.165) is 43.2 Å². The molecule has 20 heavy (non-hydrogen) atoms. The number of piperidine rings is 2. The van der Waals surface area contributed by atoms with Crippen molar-refractivity contribution in [1.82, 2.24) is 10.2 Å². The molecule has 1 unspecified atom stereocenters. The third-order valence-corrected chi connectivity index (χ3v) is 5.43. The number of carbonyl (C=O) groups excluding carboxylic acids is 1. The predicted octanol–water partition coefficient (Wildman–Crippen LogP) is 2.36. The molecule has 0 radical (unpaired) electrons. The molecule has 1 aromatic heterocycles. The van der Waals surface area contributed by atoms with Gasteiger partial charge in [-0.15, -0.1) is 11.3 Å². The largest absolute Gasteiger partial charge is 0.496 e. The smallest absolute Gasteiger partial charge is 0.264 e. The molecule has 3 heterocycles. The van der Waals surface area contributed by atoms with E-state index in [1.165, 1.54) is 30.6 Å². The van der Waals surface area contributed by atoms with Gasteiger partial charge in [0.15, 0.2) is 0 Å². The normalized spacial score (nSPS) is 26.8. The van der Waals surface area contributed by atoms with Crippen LogP contribution in [0.25, 0.3) is 0 Å². The Morgan fingerprint density at radius 2 is 2.30 bits per heavy atom. The molecule has 5 heteroatoms. The van der Waals surface area contributed by atoms with Gasteiger partial charge in [0.25, 0.3) is 5.91 Å². The van der Waals surface area contributed by atoms with Gasteiger partial charge in [0, 0.05) is 36.5 Å². The minimum Gasteiger partial charge on any atom is -0.496 e. The van der Waals surface area contributed by atoms with Gasteiger partial charge in [0.05, 0.1) is 12.0 Å². The molecule has 110 valence electrons. The van der Waals surface area contributed by atoms with Crippen LogP contribution >= 0.6 is 11.3 Å². The number of likely N-dealkylation sites (tertiary alicyclic amines) is 1. The fourth-order valence-corrected chi connectivity index (χ4v) is 4.28. The number of rotatable bonds is 2. The Kier molecular flexibility index (Phi) is 3.98. The lowest BCUT2D eigenvalue weighted by Crippen LogP contribution is -2.52. The molecule has 2 aliphatic heterocycles. The van der Waals surface area contributed by atoms with Crippen molar-refractivity contribution in [1.29, 1.82) is 0 Å². The van der Waals surface area contributed by atoms with Gasteiger partial charge in [-0.25, -0.2) is 0 Å². The number of hydrogen-bond acceptors (Lipinski definition) is 4. The number of amides is 1. The first-order chi connectivity index (χ1) is 9.72. The van der Waals surface area contributed by atoms with Crippen LogP contribution in [0.15, 0.2) is 11.4 Å². The first-order valence-electron chi connectivity index (χ1n) is 7.35. The Bertz CT molecular complexity index is 474. The zero-order valence-electron chi connectivity index (χ0n) is 12.0. The SMILES string of the molecule is COc1csc(C(=O)N2CCCC3(CCCNC3)C2)c1. The van der Waals surface area contributed by atoms with E-state index in [0.29, 0.717) is 5.41 Å². The van der Waals surface area contributed by atoms with E-state index in [4.69, 9.17) is 4.74 Å². The maximum atomic E-state index is 12.6. The number of carbonyl (C=O) groups is 1. The zero-order chi connectivity index (χ0) is 14.0. The minimum atomic E-state index is 0.169. The first-order valence-corrected chi connectivity index (χ1v) is 8.23. The summed E-state index contributed by atoms with van der Waals surface area (Å²) >= 11 is 1.48. The Hall–Kier alpha value is -1.07. The number of hydrogen-bond donors (Lipinski definition) is 1. The van der Waals surface area contributed by atoms with Crippen LogP contribution in [0.4, 0.5) is 0 Å². The van der Waals surface area contributed by atoms with Gasteiger partial charge in [0.2, 0.25) is 0 Å². The first kappa shape index (κ1) is 13.9. The number of ether oxygens (including phenoxy) is 1. The van der Waals surface area contributed by atoms with E-state index in [2.05, 4.69) is 5.32 Å². The van der Waals surface area contributed by atoms with Crippen LogP contribution in [0.5, 0.6) is 5.75 Å². The topological polar surface area (TPSA) is 41.6 Å². The van der Waals surface area contributed by atoms with Crippen molar-refractivity contribution in [3.05, 3.63) is 16.3 Å². The zero-order valence-corrected chi connectivity index (χ0v) is 12.8. The van der Waals surface area contributed by atoms with Crippen LogP contribution in [-0.4, -0.2) is 44.1 Å². The highest BCUT2D eigenvalue weighted by Gasteiger charge is 2.38. The van der Waals surface area contributed by atoms with Crippen LogP contribution in [0.3, 0.4) is 0 Å². The molecule has 2 aliphatic rings. The van der Waals surface area contributed by atoms with Crippen molar-refractivity contribution < 1.29 is 9.53 Å². The maximum Gasteiger partial charge on any atom is 0.264 e. The van der Waals surface area contributed by atoms with Gasteiger partial charge in [-0.3, -0.25) is 4.79 Å². The molecule has 1 spiro atoms. The monoisotopic (exact) mass is 294 g/mol. The van der Waals surface area contributed by atoms with E-state index < -0.39 is 0 Å². The van der Waals surface area contributed by atoms with Gasteiger partial charge in [-0.05, 0) is 32.2 Å². The summed E-state index contributed by atoms with van der Waals surface area (Å²) in [6.07, 6.45) is 4.85. The lowest BCUT2D eigenvalue weighted by molar-refractivity contribution is 0.0438. The molecule has 0 bridgehead atoms. The third kappa shape index (κ3) is 2.69. The average molecular weight is 294 g/mol. The van der Waals surface area contributed by atoms with E-state index in [-0.39, 0.29) is 5.91 Å². The third-order valence-electron chi connectivity index (χ3n) is 4.53. The highest BCUT2D eigenvalue weighted by molar-refractivity contribution is 7.12. The number of thiophene rings is 1. The molecular formula is C15H22N2O2S. The standard InChI is InChI=1S/C15H22N2O2S/c1-19-12-8-13(20-9-12)14(18)17-7-3-5-15(11-17)4-2-6-16-10-15/h8-9,16H,2-7,10-11H2,1H3. The Morgan fingerprint density at radius 1 is 1.45 bits per heavy atom. The van der Waals surface area contributed by atoms with Gasteiger partial charge >= 0.3 is 0 Å². The molecular weight excluding hydrogens is 272 g/mol. The summed E-state index contributed by atoms with van der Waals surface area (Å²) in [7, 11) is 1.64. The van der Waals surface area contributed by atoms with Crippen molar-refractivity contribution in [2.45, 2.75) is 25.7 Å².